The van der Waals surface area contributed by atoms with Gasteiger partial charge in [0.1, 0.15) is 0 Å². The maximum atomic E-state index is 4.92. The number of hydrogen-bond donors (Lipinski definition) is 1. The van der Waals surface area contributed by atoms with Crippen LogP contribution in [0.25, 0.3) is 10.2 Å². The second-order valence-electron chi connectivity index (χ2n) is 9.85. The van der Waals surface area contributed by atoms with Crippen LogP contribution in [0.5, 0.6) is 0 Å². The quantitative estimate of drug-likeness (QED) is 0.561. The van der Waals surface area contributed by atoms with Gasteiger partial charge in [0.05, 0.1) is 10.2 Å². The van der Waals surface area contributed by atoms with Crippen molar-refractivity contribution in [1.82, 2.24) is 9.88 Å². The number of anilines is 1. The molecular formula is C24H35Cl2N3S. The van der Waals surface area contributed by atoms with Crippen molar-refractivity contribution in [2.75, 3.05) is 25.0 Å². The normalized spacial score (nSPS) is 30.4. The van der Waals surface area contributed by atoms with Crippen molar-refractivity contribution in [1.29, 1.82) is 0 Å². The molecule has 30 heavy (non-hydrogen) atoms. The summed E-state index contributed by atoms with van der Waals surface area (Å²) in [5, 5.41) is 4.52. The van der Waals surface area contributed by atoms with Gasteiger partial charge in [0.25, 0.3) is 0 Å². The number of benzene rings is 1. The number of nitrogens with zero attached hydrogens (tertiary/aromatic N) is 2. The molecule has 2 bridgehead atoms. The Hall–Kier alpha value is -0.550. The van der Waals surface area contributed by atoms with Crippen LogP contribution in [0.15, 0.2) is 12.1 Å². The molecular weight excluding hydrogens is 433 g/mol. The van der Waals surface area contributed by atoms with Gasteiger partial charge in [-0.1, -0.05) is 30.6 Å². The third-order valence-corrected chi connectivity index (χ3v) is 9.48. The highest BCUT2D eigenvalue weighted by Crippen LogP contribution is 2.56. The fourth-order valence-electron chi connectivity index (χ4n) is 6.98. The molecule has 0 spiro atoms. The Morgan fingerprint density at radius 2 is 2.00 bits per heavy atom. The van der Waals surface area contributed by atoms with Crippen LogP contribution in [0.1, 0.15) is 69.4 Å². The number of aromatic nitrogens is 1. The molecule has 0 unspecified atom stereocenters. The van der Waals surface area contributed by atoms with E-state index < -0.39 is 0 Å². The molecule has 2 aromatic rings. The van der Waals surface area contributed by atoms with Crippen LogP contribution in [0.3, 0.4) is 0 Å². The van der Waals surface area contributed by atoms with Gasteiger partial charge in [0.2, 0.25) is 0 Å². The van der Waals surface area contributed by atoms with E-state index in [-0.39, 0.29) is 24.8 Å². The molecule has 0 radical (unpaired) electrons. The summed E-state index contributed by atoms with van der Waals surface area (Å²) in [4.78, 5) is 7.85. The van der Waals surface area contributed by atoms with Gasteiger partial charge in [-0.05, 0) is 87.1 Å². The highest BCUT2D eigenvalue weighted by Gasteiger charge is 2.54. The smallest absolute Gasteiger partial charge is 0.183 e. The fraction of sp³-hybridized carbons (Fsp3) is 0.708. The van der Waals surface area contributed by atoms with Gasteiger partial charge in [-0.25, -0.2) is 4.98 Å². The molecule has 3 fully saturated rings. The Balaban J connectivity index is 0.00000109. The van der Waals surface area contributed by atoms with Crippen LogP contribution in [0, 0.1) is 11.8 Å². The minimum atomic E-state index is 0. The molecule has 1 aromatic heterocycles. The average molecular weight is 469 g/mol. The van der Waals surface area contributed by atoms with Crippen molar-refractivity contribution in [3.05, 3.63) is 23.3 Å². The topological polar surface area (TPSA) is 28.2 Å². The number of hydrogen-bond acceptors (Lipinski definition) is 4. The van der Waals surface area contributed by atoms with Gasteiger partial charge in [-0.3, -0.25) is 4.90 Å². The number of fused-ring (bicyclic) bond motifs is 2. The summed E-state index contributed by atoms with van der Waals surface area (Å²) >= 11 is 1.84. The molecule has 2 saturated carbocycles. The Labute approximate surface area is 197 Å². The van der Waals surface area contributed by atoms with Crippen LogP contribution in [0.2, 0.25) is 0 Å². The Bertz CT molecular complexity index is 896. The highest BCUT2D eigenvalue weighted by molar-refractivity contribution is 7.22. The number of halogens is 2. The third kappa shape index (κ3) is 3.46. The lowest BCUT2D eigenvalue weighted by Gasteiger charge is -2.59. The first-order valence-corrected chi connectivity index (χ1v) is 12.5. The first-order chi connectivity index (χ1) is 13.8. The van der Waals surface area contributed by atoms with Gasteiger partial charge < -0.3 is 5.32 Å². The van der Waals surface area contributed by atoms with Crippen LogP contribution < -0.4 is 5.32 Å². The van der Waals surface area contributed by atoms with E-state index in [1.807, 2.05) is 11.3 Å². The summed E-state index contributed by atoms with van der Waals surface area (Å²) in [5.41, 5.74) is 5.02. The molecule has 6 rings (SSSR count). The van der Waals surface area contributed by atoms with Gasteiger partial charge >= 0.3 is 0 Å². The molecule has 1 N–H and O–H groups in total. The van der Waals surface area contributed by atoms with E-state index in [4.69, 9.17) is 4.98 Å². The van der Waals surface area contributed by atoms with Crippen LogP contribution >= 0.6 is 36.2 Å². The molecule has 3 atom stereocenters. The van der Waals surface area contributed by atoms with Crippen LogP contribution in [-0.4, -0.2) is 35.6 Å². The summed E-state index contributed by atoms with van der Waals surface area (Å²) in [7, 11) is 0. The monoisotopic (exact) mass is 467 g/mol. The second kappa shape index (κ2) is 8.77. The first kappa shape index (κ1) is 22.6. The molecule has 1 aromatic carbocycles. The molecule has 2 heterocycles. The van der Waals surface area contributed by atoms with E-state index in [0.29, 0.717) is 5.41 Å². The lowest BCUT2D eigenvalue weighted by Crippen LogP contribution is -2.61. The van der Waals surface area contributed by atoms with E-state index in [1.165, 1.54) is 81.1 Å². The van der Waals surface area contributed by atoms with E-state index in [1.54, 1.807) is 11.1 Å². The van der Waals surface area contributed by atoms with E-state index in [0.717, 1.165) is 29.6 Å². The van der Waals surface area contributed by atoms with Crippen molar-refractivity contribution in [2.24, 2.45) is 11.8 Å². The Morgan fingerprint density at radius 3 is 2.77 bits per heavy atom. The van der Waals surface area contributed by atoms with Gasteiger partial charge in [-0.2, -0.15) is 0 Å². The molecule has 6 heteroatoms. The third-order valence-electron chi connectivity index (χ3n) is 8.50. The van der Waals surface area contributed by atoms with Gasteiger partial charge in [-0.15, -0.1) is 24.8 Å². The zero-order valence-corrected chi connectivity index (χ0v) is 20.4. The highest BCUT2D eigenvalue weighted by atomic mass is 35.5. The lowest BCUT2D eigenvalue weighted by atomic mass is 9.52. The molecule has 3 nitrogen and oxygen atoms in total. The summed E-state index contributed by atoms with van der Waals surface area (Å²) in [5.74, 6) is 1.87. The maximum absolute atomic E-state index is 4.92. The molecule has 1 aliphatic heterocycles. The maximum Gasteiger partial charge on any atom is 0.183 e. The van der Waals surface area contributed by atoms with Crippen LogP contribution in [-0.2, 0) is 11.8 Å². The van der Waals surface area contributed by atoms with E-state index in [9.17, 15) is 0 Å². The van der Waals surface area contributed by atoms with Crippen molar-refractivity contribution < 1.29 is 0 Å². The minimum Gasteiger partial charge on any atom is -0.362 e. The number of piperidine rings is 1. The molecule has 0 amide bonds. The van der Waals surface area contributed by atoms with E-state index >= 15 is 0 Å². The lowest BCUT2D eigenvalue weighted by molar-refractivity contribution is -0.0238. The predicted molar refractivity (Wildman–Crippen MR) is 133 cm³/mol. The Kier molecular flexibility index (Phi) is 6.62. The first-order valence-electron chi connectivity index (χ1n) is 11.7. The molecule has 4 aliphatic rings. The van der Waals surface area contributed by atoms with Crippen LogP contribution in [0.4, 0.5) is 5.13 Å². The summed E-state index contributed by atoms with van der Waals surface area (Å²) in [6, 6.07) is 5.83. The van der Waals surface area contributed by atoms with Crippen molar-refractivity contribution in [3.63, 3.8) is 0 Å². The minimum absolute atomic E-state index is 0. The summed E-state index contributed by atoms with van der Waals surface area (Å²) in [6.07, 6.45) is 12.8. The van der Waals surface area contributed by atoms with Crippen molar-refractivity contribution in [3.8, 4) is 0 Å². The number of nitrogens with one attached hydrogen (secondary N) is 1. The number of thiazole rings is 1. The number of rotatable bonds is 4. The molecule has 1 saturated heterocycles. The SMILES string of the molecule is CCNc1nc2cc3c(cc2s1)C[C@@H]1[C@@H]2CCCC[C@]32CCN1CC1CCC1.Cl.Cl. The largest absolute Gasteiger partial charge is 0.362 e. The second-order valence-corrected chi connectivity index (χ2v) is 10.9. The molecule has 166 valence electrons. The Morgan fingerprint density at radius 1 is 1.13 bits per heavy atom. The van der Waals surface area contributed by atoms with Gasteiger partial charge in [0.15, 0.2) is 5.13 Å². The number of likely N-dealkylation sites (tertiary alicyclic amines) is 1. The molecule has 3 aliphatic carbocycles. The van der Waals surface area contributed by atoms with Crippen molar-refractivity contribution in [2.45, 2.75) is 76.2 Å². The van der Waals surface area contributed by atoms with E-state index in [2.05, 4.69) is 29.3 Å². The predicted octanol–water partition coefficient (Wildman–Crippen LogP) is 6.43. The fourth-order valence-corrected chi connectivity index (χ4v) is 7.95. The zero-order valence-electron chi connectivity index (χ0n) is 18.0. The summed E-state index contributed by atoms with van der Waals surface area (Å²) in [6.45, 7) is 5.81. The standard InChI is InChI=1S/C24H33N3S.2ClH/c1-2-25-23-26-20-14-19-17(13-22(20)28-23)12-21-18-8-3-4-9-24(18,19)10-11-27(21)15-16-6-5-7-16;;/h13-14,16,18,21H,2-12,15H2,1H3,(H,25,26);2*1H/t18-,21+,24+;;/m0../s1. The average Bonchev–Trinajstić information content (AvgIpc) is 3.06. The zero-order chi connectivity index (χ0) is 18.7. The van der Waals surface area contributed by atoms with Gasteiger partial charge in [0, 0.05) is 24.5 Å². The van der Waals surface area contributed by atoms with Crippen molar-refractivity contribution >= 4 is 51.5 Å². The summed E-state index contributed by atoms with van der Waals surface area (Å²) < 4.78 is 1.38.